The zero-order valence-electron chi connectivity index (χ0n) is 7.49. The second-order valence-corrected chi connectivity index (χ2v) is 3.18. The van der Waals surface area contributed by atoms with Gasteiger partial charge in [0.25, 0.3) is 0 Å². The van der Waals surface area contributed by atoms with Crippen LogP contribution in [0.5, 0.6) is 0 Å². The average Bonchev–Trinajstić information content (AvgIpc) is 2.18. The van der Waals surface area contributed by atoms with E-state index in [4.69, 9.17) is 0 Å². The predicted octanol–water partition coefficient (Wildman–Crippen LogP) is 1.91. The Morgan fingerprint density at radius 1 is 1.46 bits per heavy atom. The molecular formula is C10H12N2O. The minimum Gasteiger partial charge on any atom is -0.366 e. The summed E-state index contributed by atoms with van der Waals surface area (Å²) in [6.45, 7) is 1.91. The Balaban J connectivity index is 2.39. The van der Waals surface area contributed by atoms with Gasteiger partial charge >= 0.3 is 0 Å². The third kappa shape index (κ3) is 1.42. The molecule has 0 aromatic heterocycles. The molecule has 0 amide bonds. The molecule has 13 heavy (non-hydrogen) atoms. The SMILES string of the molecule is CCC1(O)C=Nc2ccccc2N1. The van der Waals surface area contributed by atoms with Crippen LogP contribution >= 0.6 is 0 Å². The monoisotopic (exact) mass is 176 g/mol. The number of hydrogen-bond acceptors (Lipinski definition) is 3. The molecule has 2 rings (SSSR count). The highest BCUT2D eigenvalue weighted by Gasteiger charge is 2.25. The molecule has 0 fully saturated rings. The van der Waals surface area contributed by atoms with Gasteiger partial charge in [0.1, 0.15) is 0 Å². The number of nitrogens with zero attached hydrogens (tertiary/aromatic N) is 1. The summed E-state index contributed by atoms with van der Waals surface area (Å²) in [5, 5.41) is 12.9. The van der Waals surface area contributed by atoms with Gasteiger partial charge in [-0.05, 0) is 18.6 Å². The number of fused-ring (bicyclic) bond motifs is 1. The van der Waals surface area contributed by atoms with Gasteiger partial charge in [0.2, 0.25) is 0 Å². The minimum atomic E-state index is -0.978. The highest BCUT2D eigenvalue weighted by Crippen LogP contribution is 2.30. The zero-order chi connectivity index (χ0) is 9.31. The number of aliphatic imine (C=N–C) groups is 1. The van der Waals surface area contributed by atoms with Gasteiger partial charge in [-0.2, -0.15) is 0 Å². The largest absolute Gasteiger partial charge is 0.366 e. The first-order valence-corrected chi connectivity index (χ1v) is 4.38. The van der Waals surface area contributed by atoms with Gasteiger partial charge in [-0.25, -0.2) is 0 Å². The van der Waals surface area contributed by atoms with E-state index in [1.165, 1.54) is 0 Å². The molecule has 0 radical (unpaired) electrons. The van der Waals surface area contributed by atoms with Crippen LogP contribution in [0.3, 0.4) is 0 Å². The number of nitrogens with one attached hydrogen (secondary N) is 1. The van der Waals surface area contributed by atoms with Crippen molar-refractivity contribution >= 4 is 17.6 Å². The number of hydrogen-bond donors (Lipinski definition) is 2. The van der Waals surface area contributed by atoms with E-state index >= 15 is 0 Å². The molecule has 0 saturated heterocycles. The fourth-order valence-corrected chi connectivity index (χ4v) is 1.31. The molecule has 68 valence electrons. The summed E-state index contributed by atoms with van der Waals surface area (Å²) in [4.78, 5) is 4.18. The second kappa shape index (κ2) is 2.85. The van der Waals surface area contributed by atoms with Gasteiger partial charge < -0.3 is 10.4 Å². The summed E-state index contributed by atoms with van der Waals surface area (Å²) in [7, 11) is 0. The number of anilines is 1. The van der Waals surface area contributed by atoms with Gasteiger partial charge in [0.05, 0.1) is 17.6 Å². The van der Waals surface area contributed by atoms with Crippen LogP contribution in [0, 0.1) is 0 Å². The molecule has 0 saturated carbocycles. The summed E-state index contributed by atoms with van der Waals surface area (Å²) >= 11 is 0. The number of aliphatic hydroxyl groups is 1. The first kappa shape index (κ1) is 8.26. The van der Waals surface area contributed by atoms with Crippen LogP contribution in [0.25, 0.3) is 0 Å². The molecule has 1 atom stereocenters. The average molecular weight is 176 g/mol. The van der Waals surface area contributed by atoms with Crippen LogP contribution < -0.4 is 5.32 Å². The van der Waals surface area contributed by atoms with E-state index in [1.54, 1.807) is 6.21 Å². The maximum absolute atomic E-state index is 9.87. The van der Waals surface area contributed by atoms with Crippen LogP contribution in [0.4, 0.5) is 11.4 Å². The number of rotatable bonds is 1. The van der Waals surface area contributed by atoms with Crippen molar-refractivity contribution in [3.05, 3.63) is 24.3 Å². The van der Waals surface area contributed by atoms with Gasteiger partial charge in [-0.3, -0.25) is 4.99 Å². The molecular weight excluding hydrogens is 164 g/mol. The van der Waals surface area contributed by atoms with Gasteiger partial charge in [0.15, 0.2) is 5.72 Å². The van der Waals surface area contributed by atoms with Crippen molar-refractivity contribution in [2.24, 2.45) is 4.99 Å². The van der Waals surface area contributed by atoms with Crippen molar-refractivity contribution in [2.75, 3.05) is 5.32 Å². The summed E-state index contributed by atoms with van der Waals surface area (Å²) < 4.78 is 0. The normalized spacial score (nSPS) is 25.1. The van der Waals surface area contributed by atoms with E-state index in [-0.39, 0.29) is 0 Å². The summed E-state index contributed by atoms with van der Waals surface area (Å²) in [5.74, 6) is 0. The van der Waals surface area contributed by atoms with Crippen molar-refractivity contribution in [1.82, 2.24) is 0 Å². The highest BCUT2D eigenvalue weighted by atomic mass is 16.3. The first-order valence-electron chi connectivity index (χ1n) is 4.38. The smallest absolute Gasteiger partial charge is 0.172 e. The minimum absolute atomic E-state index is 0.602. The molecule has 0 spiro atoms. The lowest BCUT2D eigenvalue weighted by Crippen LogP contribution is -2.40. The fourth-order valence-electron chi connectivity index (χ4n) is 1.31. The Kier molecular flexibility index (Phi) is 1.81. The van der Waals surface area contributed by atoms with E-state index < -0.39 is 5.72 Å². The predicted molar refractivity (Wildman–Crippen MR) is 53.5 cm³/mol. The molecule has 1 aliphatic heterocycles. The van der Waals surface area contributed by atoms with Crippen LogP contribution in [0.1, 0.15) is 13.3 Å². The Morgan fingerprint density at radius 3 is 3.00 bits per heavy atom. The zero-order valence-corrected chi connectivity index (χ0v) is 7.49. The summed E-state index contributed by atoms with van der Waals surface area (Å²) in [5.41, 5.74) is 0.781. The third-order valence-electron chi connectivity index (χ3n) is 2.21. The molecule has 1 unspecified atom stereocenters. The van der Waals surface area contributed by atoms with Crippen LogP contribution in [0.2, 0.25) is 0 Å². The van der Waals surface area contributed by atoms with E-state index in [2.05, 4.69) is 10.3 Å². The Bertz CT molecular complexity index is 349. The second-order valence-electron chi connectivity index (χ2n) is 3.18. The maximum Gasteiger partial charge on any atom is 0.172 e. The Labute approximate surface area is 77.1 Å². The fraction of sp³-hybridized carbons (Fsp3) is 0.300. The van der Waals surface area contributed by atoms with E-state index in [9.17, 15) is 5.11 Å². The topological polar surface area (TPSA) is 44.6 Å². The van der Waals surface area contributed by atoms with E-state index in [0.29, 0.717) is 6.42 Å². The van der Waals surface area contributed by atoms with Crippen LogP contribution in [-0.4, -0.2) is 17.0 Å². The lowest BCUT2D eigenvalue weighted by atomic mass is 10.1. The van der Waals surface area contributed by atoms with Crippen molar-refractivity contribution in [2.45, 2.75) is 19.1 Å². The highest BCUT2D eigenvalue weighted by molar-refractivity contribution is 5.84. The van der Waals surface area contributed by atoms with Crippen LogP contribution in [-0.2, 0) is 0 Å². The molecule has 2 N–H and O–H groups in total. The summed E-state index contributed by atoms with van der Waals surface area (Å²) in [6, 6.07) is 7.66. The van der Waals surface area contributed by atoms with Crippen molar-refractivity contribution in [3.8, 4) is 0 Å². The number of benzene rings is 1. The van der Waals surface area contributed by atoms with E-state index in [0.717, 1.165) is 11.4 Å². The van der Waals surface area contributed by atoms with E-state index in [1.807, 2.05) is 31.2 Å². The van der Waals surface area contributed by atoms with Crippen LogP contribution in [0.15, 0.2) is 29.3 Å². The summed E-state index contributed by atoms with van der Waals surface area (Å²) in [6.07, 6.45) is 2.15. The first-order chi connectivity index (χ1) is 6.23. The van der Waals surface area contributed by atoms with Gasteiger partial charge in [-0.15, -0.1) is 0 Å². The molecule has 1 aliphatic rings. The lowest BCUT2D eigenvalue weighted by Gasteiger charge is -2.28. The maximum atomic E-state index is 9.87. The quantitative estimate of drug-likeness (QED) is 0.686. The van der Waals surface area contributed by atoms with Crippen molar-refractivity contribution in [1.29, 1.82) is 0 Å². The Hall–Kier alpha value is -1.35. The molecule has 3 nitrogen and oxygen atoms in total. The third-order valence-corrected chi connectivity index (χ3v) is 2.21. The lowest BCUT2D eigenvalue weighted by molar-refractivity contribution is 0.142. The molecule has 1 aromatic rings. The Morgan fingerprint density at radius 2 is 2.23 bits per heavy atom. The molecule has 3 heteroatoms. The number of para-hydroxylation sites is 2. The molecule has 1 aromatic carbocycles. The standard InChI is InChI=1S/C10H12N2O/c1-2-10(13)7-11-8-5-3-4-6-9(8)12-10/h3-7,12-13H,2H2,1H3. The van der Waals surface area contributed by atoms with Crippen molar-refractivity contribution < 1.29 is 5.11 Å². The van der Waals surface area contributed by atoms with Gasteiger partial charge in [-0.1, -0.05) is 19.1 Å². The molecule has 0 aliphatic carbocycles. The molecule has 1 heterocycles. The van der Waals surface area contributed by atoms with Gasteiger partial charge in [0, 0.05) is 0 Å². The molecule has 0 bridgehead atoms. The van der Waals surface area contributed by atoms with Crippen molar-refractivity contribution in [3.63, 3.8) is 0 Å².